The summed E-state index contributed by atoms with van der Waals surface area (Å²) in [5, 5.41) is 0. The van der Waals surface area contributed by atoms with Crippen molar-refractivity contribution in [2.24, 2.45) is 0 Å². The van der Waals surface area contributed by atoms with Crippen molar-refractivity contribution in [2.45, 2.75) is 44.7 Å². The monoisotopic (exact) mass is 294 g/mol. The largest absolute Gasteiger partial charge is 0.598 e. The fraction of sp³-hybridized carbons (Fsp3) is 0.583. The van der Waals surface area contributed by atoms with Crippen LogP contribution in [0, 0.1) is 0 Å². The Morgan fingerprint density at radius 1 is 1.26 bits per heavy atom. The van der Waals surface area contributed by atoms with E-state index >= 15 is 0 Å². The van der Waals surface area contributed by atoms with E-state index in [1.165, 1.54) is 6.07 Å². The van der Waals surface area contributed by atoms with E-state index in [1.54, 1.807) is 6.92 Å². The standard InChI is InChI=1S/C12H17F3N2OS/c1-8(17-19(18)11(2,3)4)10-6-5-9(7-16-10)12(13,14)15/h5-8,17H,1-4H3/t8?,19-/m0/s1. The molecule has 1 aromatic rings. The van der Waals surface area contributed by atoms with Crippen molar-refractivity contribution in [1.29, 1.82) is 0 Å². The van der Waals surface area contributed by atoms with Crippen LogP contribution in [0.2, 0.25) is 0 Å². The van der Waals surface area contributed by atoms with Gasteiger partial charge in [0.2, 0.25) is 0 Å². The lowest BCUT2D eigenvalue weighted by atomic mass is 10.2. The van der Waals surface area contributed by atoms with Crippen LogP contribution in [-0.2, 0) is 17.5 Å². The van der Waals surface area contributed by atoms with E-state index in [-0.39, 0.29) is 6.04 Å². The van der Waals surface area contributed by atoms with E-state index in [0.29, 0.717) is 5.69 Å². The second-order valence-corrected chi connectivity index (χ2v) is 7.19. The quantitative estimate of drug-likeness (QED) is 0.871. The Balaban J connectivity index is 2.76. The van der Waals surface area contributed by atoms with Crippen LogP contribution in [-0.4, -0.2) is 14.3 Å². The van der Waals surface area contributed by atoms with Gasteiger partial charge < -0.3 is 4.55 Å². The topological polar surface area (TPSA) is 48.0 Å². The van der Waals surface area contributed by atoms with Crippen LogP contribution in [0.25, 0.3) is 0 Å². The van der Waals surface area contributed by atoms with Crippen LogP contribution in [0.15, 0.2) is 18.3 Å². The van der Waals surface area contributed by atoms with Gasteiger partial charge in [0.25, 0.3) is 0 Å². The molecule has 0 saturated carbocycles. The minimum absolute atomic E-state index is 0.387. The predicted molar refractivity (Wildman–Crippen MR) is 68.7 cm³/mol. The third-order valence-electron chi connectivity index (χ3n) is 2.40. The van der Waals surface area contributed by atoms with Crippen molar-refractivity contribution in [2.75, 3.05) is 0 Å². The van der Waals surface area contributed by atoms with Gasteiger partial charge in [-0.2, -0.15) is 13.2 Å². The van der Waals surface area contributed by atoms with Crippen LogP contribution in [0.4, 0.5) is 13.2 Å². The minimum atomic E-state index is -4.39. The average molecular weight is 294 g/mol. The zero-order valence-corrected chi connectivity index (χ0v) is 12.0. The second-order valence-electron chi connectivity index (χ2n) is 5.19. The molecule has 19 heavy (non-hydrogen) atoms. The number of nitrogens with zero attached hydrogens (tertiary/aromatic N) is 1. The van der Waals surface area contributed by atoms with Crippen molar-refractivity contribution in [1.82, 2.24) is 9.71 Å². The number of rotatable bonds is 3. The summed E-state index contributed by atoms with van der Waals surface area (Å²) < 4.78 is 51.4. The van der Waals surface area contributed by atoms with Gasteiger partial charge in [-0.3, -0.25) is 4.98 Å². The highest BCUT2D eigenvalue weighted by molar-refractivity contribution is 7.90. The van der Waals surface area contributed by atoms with E-state index < -0.39 is 27.8 Å². The van der Waals surface area contributed by atoms with Crippen LogP contribution < -0.4 is 4.72 Å². The summed E-state index contributed by atoms with van der Waals surface area (Å²) in [4.78, 5) is 3.76. The normalized spacial score (nSPS) is 16.2. The Labute approximate surface area is 113 Å². The van der Waals surface area contributed by atoms with Crippen molar-refractivity contribution in [3.05, 3.63) is 29.6 Å². The first kappa shape index (κ1) is 16.3. The molecule has 0 bridgehead atoms. The van der Waals surface area contributed by atoms with Crippen molar-refractivity contribution >= 4 is 11.4 Å². The maximum absolute atomic E-state index is 12.4. The Morgan fingerprint density at radius 3 is 2.21 bits per heavy atom. The molecule has 0 aliphatic rings. The highest BCUT2D eigenvalue weighted by Crippen LogP contribution is 2.29. The molecule has 0 amide bonds. The third-order valence-corrected chi connectivity index (χ3v) is 4.08. The molecular formula is C12H17F3N2OS. The van der Waals surface area contributed by atoms with E-state index in [2.05, 4.69) is 9.71 Å². The number of hydrogen-bond acceptors (Lipinski definition) is 3. The Kier molecular flexibility index (Phi) is 4.86. The molecule has 7 heteroatoms. The number of halogens is 3. The lowest BCUT2D eigenvalue weighted by Crippen LogP contribution is -2.40. The Bertz CT molecular complexity index is 414. The molecule has 3 nitrogen and oxygen atoms in total. The van der Waals surface area contributed by atoms with E-state index in [9.17, 15) is 17.7 Å². The molecule has 0 aliphatic carbocycles. The van der Waals surface area contributed by atoms with Gasteiger partial charge in [0.15, 0.2) is 0 Å². The Morgan fingerprint density at radius 2 is 1.84 bits per heavy atom. The SMILES string of the molecule is CC(N[S@@+]([O-])C(C)(C)C)c1ccc(C(F)(F)F)cn1. The number of nitrogens with one attached hydrogen (secondary N) is 1. The van der Waals surface area contributed by atoms with Crippen LogP contribution in [0.1, 0.15) is 45.0 Å². The highest BCUT2D eigenvalue weighted by atomic mass is 32.2. The minimum Gasteiger partial charge on any atom is -0.598 e. The van der Waals surface area contributed by atoms with Crippen molar-refractivity contribution < 1.29 is 17.7 Å². The molecule has 2 atom stereocenters. The molecule has 0 spiro atoms. The number of hydrogen-bond donors (Lipinski definition) is 1. The first-order valence-corrected chi connectivity index (χ1v) is 6.88. The van der Waals surface area contributed by atoms with Gasteiger partial charge in [0.05, 0.1) is 17.3 Å². The summed E-state index contributed by atoms with van der Waals surface area (Å²) in [6.45, 7) is 7.13. The van der Waals surface area contributed by atoms with Crippen LogP contribution >= 0.6 is 0 Å². The van der Waals surface area contributed by atoms with Gasteiger partial charge in [-0.15, -0.1) is 4.72 Å². The molecule has 0 aromatic carbocycles. The van der Waals surface area contributed by atoms with Crippen molar-refractivity contribution in [3.8, 4) is 0 Å². The first-order valence-electron chi connectivity index (χ1n) is 5.73. The van der Waals surface area contributed by atoms with Crippen LogP contribution in [0.5, 0.6) is 0 Å². The molecule has 0 aliphatic heterocycles. The fourth-order valence-electron chi connectivity index (χ4n) is 1.23. The van der Waals surface area contributed by atoms with E-state index in [1.807, 2.05) is 20.8 Å². The van der Waals surface area contributed by atoms with Crippen LogP contribution in [0.3, 0.4) is 0 Å². The molecule has 0 radical (unpaired) electrons. The lowest BCUT2D eigenvalue weighted by Gasteiger charge is -2.26. The summed E-state index contributed by atoms with van der Waals surface area (Å²) in [6.07, 6.45) is -3.61. The molecule has 1 rings (SSSR count). The fourth-order valence-corrected chi connectivity index (χ4v) is 2.02. The third kappa shape index (κ3) is 4.67. The molecule has 0 saturated heterocycles. The molecule has 108 valence electrons. The van der Waals surface area contributed by atoms with E-state index in [4.69, 9.17) is 0 Å². The summed E-state index contributed by atoms with van der Waals surface area (Å²) >= 11 is -1.30. The molecule has 1 N–H and O–H groups in total. The summed E-state index contributed by atoms with van der Waals surface area (Å²) in [5.41, 5.74) is -0.369. The summed E-state index contributed by atoms with van der Waals surface area (Å²) in [6, 6.07) is 1.88. The number of pyridine rings is 1. The highest BCUT2D eigenvalue weighted by Gasteiger charge is 2.32. The first-order chi connectivity index (χ1) is 8.51. The summed E-state index contributed by atoms with van der Waals surface area (Å²) in [5.74, 6) is 0. The zero-order chi connectivity index (χ0) is 14.8. The van der Waals surface area contributed by atoms with Gasteiger partial charge in [-0.1, -0.05) is 0 Å². The summed E-state index contributed by atoms with van der Waals surface area (Å²) in [7, 11) is 0. The average Bonchev–Trinajstić information content (AvgIpc) is 2.26. The molecule has 1 aromatic heterocycles. The van der Waals surface area contributed by atoms with Gasteiger partial charge >= 0.3 is 6.18 Å². The zero-order valence-electron chi connectivity index (χ0n) is 11.2. The van der Waals surface area contributed by atoms with Gasteiger partial charge in [-0.05, 0) is 39.8 Å². The predicted octanol–water partition coefficient (Wildman–Crippen LogP) is 3.21. The maximum atomic E-state index is 12.4. The van der Waals surface area contributed by atoms with E-state index in [0.717, 1.165) is 12.3 Å². The second kappa shape index (κ2) is 5.68. The molecule has 1 unspecified atom stereocenters. The molecule has 0 fully saturated rings. The smallest absolute Gasteiger partial charge is 0.417 e. The lowest BCUT2D eigenvalue weighted by molar-refractivity contribution is -0.137. The maximum Gasteiger partial charge on any atom is 0.417 e. The Hall–Kier alpha value is -0.790. The number of alkyl halides is 3. The van der Waals surface area contributed by atoms with Gasteiger partial charge in [0.1, 0.15) is 4.75 Å². The van der Waals surface area contributed by atoms with Gasteiger partial charge in [-0.25, -0.2) is 0 Å². The van der Waals surface area contributed by atoms with Gasteiger partial charge in [0, 0.05) is 17.6 Å². The van der Waals surface area contributed by atoms with Crippen molar-refractivity contribution in [3.63, 3.8) is 0 Å². The molecular weight excluding hydrogens is 277 g/mol. The number of aromatic nitrogens is 1. The molecule has 1 heterocycles.